The Morgan fingerprint density at radius 3 is 2.32 bits per heavy atom. The van der Waals surface area contributed by atoms with Crippen molar-refractivity contribution in [1.29, 1.82) is 0 Å². The standard InChI is InChI=1S/C17H25N3O3S.ClH/c21-17(13-18-12-15-6-7-15)19-8-10-20(11-9-19)24(22,23)14-16-4-2-1-3-5-16;/h1-5,15,18H,6-14H2;1H. The molecule has 1 aromatic carbocycles. The number of nitrogens with one attached hydrogen (secondary N) is 1. The van der Waals surface area contributed by atoms with E-state index in [9.17, 15) is 13.2 Å². The molecule has 1 aliphatic carbocycles. The molecule has 140 valence electrons. The van der Waals surface area contributed by atoms with E-state index in [1.54, 1.807) is 4.90 Å². The largest absolute Gasteiger partial charge is 0.339 e. The maximum Gasteiger partial charge on any atom is 0.236 e. The monoisotopic (exact) mass is 387 g/mol. The number of carbonyl (C=O) groups excluding carboxylic acids is 1. The van der Waals surface area contributed by atoms with Gasteiger partial charge < -0.3 is 10.2 Å². The van der Waals surface area contributed by atoms with E-state index >= 15 is 0 Å². The van der Waals surface area contributed by atoms with Crippen LogP contribution < -0.4 is 5.32 Å². The Labute approximate surface area is 156 Å². The van der Waals surface area contributed by atoms with Crippen LogP contribution >= 0.6 is 12.4 Å². The van der Waals surface area contributed by atoms with Gasteiger partial charge in [0.15, 0.2) is 0 Å². The molecular weight excluding hydrogens is 362 g/mol. The van der Waals surface area contributed by atoms with Crippen molar-refractivity contribution in [1.82, 2.24) is 14.5 Å². The van der Waals surface area contributed by atoms with Crippen LogP contribution in [0.5, 0.6) is 0 Å². The highest BCUT2D eigenvalue weighted by Gasteiger charge is 2.29. The van der Waals surface area contributed by atoms with Crippen molar-refractivity contribution in [3.8, 4) is 0 Å². The predicted octanol–water partition coefficient (Wildman–Crippen LogP) is 1.08. The molecule has 1 saturated carbocycles. The maximum atomic E-state index is 12.5. The molecule has 1 N–H and O–H groups in total. The minimum Gasteiger partial charge on any atom is -0.339 e. The number of amides is 1. The van der Waals surface area contributed by atoms with Gasteiger partial charge in [-0.2, -0.15) is 4.31 Å². The summed E-state index contributed by atoms with van der Waals surface area (Å²) in [6.45, 7) is 2.97. The lowest BCUT2D eigenvalue weighted by Gasteiger charge is -2.34. The molecule has 0 bridgehead atoms. The number of halogens is 1. The van der Waals surface area contributed by atoms with Crippen molar-refractivity contribution in [2.75, 3.05) is 39.3 Å². The Morgan fingerprint density at radius 2 is 1.72 bits per heavy atom. The van der Waals surface area contributed by atoms with E-state index in [1.807, 2.05) is 30.3 Å². The van der Waals surface area contributed by atoms with E-state index < -0.39 is 10.0 Å². The summed E-state index contributed by atoms with van der Waals surface area (Å²) in [5.41, 5.74) is 0.792. The number of sulfonamides is 1. The average molecular weight is 388 g/mol. The molecule has 0 aromatic heterocycles. The highest BCUT2D eigenvalue weighted by atomic mass is 35.5. The molecule has 3 rings (SSSR count). The Bertz CT molecular complexity index is 657. The van der Waals surface area contributed by atoms with E-state index in [4.69, 9.17) is 0 Å². The molecule has 1 amide bonds. The molecule has 0 unspecified atom stereocenters. The lowest BCUT2D eigenvalue weighted by atomic mass is 10.2. The quantitative estimate of drug-likeness (QED) is 0.760. The van der Waals surface area contributed by atoms with Crippen LogP contribution in [-0.2, 0) is 20.6 Å². The zero-order valence-corrected chi connectivity index (χ0v) is 15.9. The molecule has 1 heterocycles. The fourth-order valence-corrected chi connectivity index (χ4v) is 4.42. The molecule has 1 aliphatic heterocycles. The van der Waals surface area contributed by atoms with E-state index in [-0.39, 0.29) is 24.1 Å². The van der Waals surface area contributed by atoms with E-state index in [1.165, 1.54) is 17.1 Å². The molecular formula is C17H26ClN3O3S. The molecule has 1 aromatic rings. The van der Waals surface area contributed by atoms with Gasteiger partial charge in [-0.1, -0.05) is 30.3 Å². The smallest absolute Gasteiger partial charge is 0.236 e. The van der Waals surface area contributed by atoms with Crippen LogP contribution in [0.4, 0.5) is 0 Å². The van der Waals surface area contributed by atoms with Crippen molar-refractivity contribution in [3.63, 3.8) is 0 Å². The number of hydrogen-bond donors (Lipinski definition) is 1. The average Bonchev–Trinajstić information content (AvgIpc) is 3.40. The van der Waals surface area contributed by atoms with Crippen LogP contribution in [0.2, 0.25) is 0 Å². The Morgan fingerprint density at radius 1 is 1.08 bits per heavy atom. The number of rotatable bonds is 7. The molecule has 25 heavy (non-hydrogen) atoms. The van der Waals surface area contributed by atoms with Crippen molar-refractivity contribution < 1.29 is 13.2 Å². The summed E-state index contributed by atoms with van der Waals surface area (Å²) in [7, 11) is -3.33. The summed E-state index contributed by atoms with van der Waals surface area (Å²) >= 11 is 0. The van der Waals surface area contributed by atoms with Crippen LogP contribution in [-0.4, -0.2) is 62.8 Å². The first-order chi connectivity index (χ1) is 11.5. The van der Waals surface area contributed by atoms with E-state index in [0.29, 0.717) is 32.7 Å². The normalized spacial score (nSPS) is 18.6. The molecule has 6 nitrogen and oxygen atoms in total. The SMILES string of the molecule is Cl.O=C(CNCC1CC1)N1CCN(S(=O)(=O)Cc2ccccc2)CC1. The molecule has 8 heteroatoms. The third kappa shape index (κ3) is 5.95. The van der Waals surface area contributed by atoms with Crippen molar-refractivity contribution in [3.05, 3.63) is 35.9 Å². The summed E-state index contributed by atoms with van der Waals surface area (Å²) in [5, 5.41) is 3.20. The Hall–Kier alpha value is -1.15. The van der Waals surface area contributed by atoms with Crippen LogP contribution in [0.3, 0.4) is 0 Å². The van der Waals surface area contributed by atoms with Crippen LogP contribution in [0.1, 0.15) is 18.4 Å². The topological polar surface area (TPSA) is 69.7 Å². The van der Waals surface area contributed by atoms with Gasteiger partial charge in [-0.15, -0.1) is 12.4 Å². The van der Waals surface area contributed by atoms with E-state index in [0.717, 1.165) is 18.0 Å². The first kappa shape index (κ1) is 20.2. The fourth-order valence-electron chi connectivity index (χ4n) is 2.91. The van der Waals surface area contributed by atoms with Gasteiger partial charge in [-0.3, -0.25) is 4.79 Å². The van der Waals surface area contributed by atoms with Gasteiger partial charge in [0.1, 0.15) is 0 Å². The van der Waals surface area contributed by atoms with Gasteiger partial charge in [0, 0.05) is 26.2 Å². The highest BCUT2D eigenvalue weighted by molar-refractivity contribution is 7.88. The molecule has 1 saturated heterocycles. The minimum absolute atomic E-state index is 0. The lowest BCUT2D eigenvalue weighted by molar-refractivity contribution is -0.131. The molecule has 0 atom stereocenters. The molecule has 0 spiro atoms. The van der Waals surface area contributed by atoms with E-state index in [2.05, 4.69) is 5.32 Å². The second-order valence-electron chi connectivity index (χ2n) is 6.60. The predicted molar refractivity (Wildman–Crippen MR) is 100 cm³/mol. The third-order valence-electron chi connectivity index (χ3n) is 4.58. The molecule has 2 fully saturated rings. The van der Waals surface area contributed by atoms with Gasteiger partial charge in [-0.25, -0.2) is 8.42 Å². The van der Waals surface area contributed by atoms with Crippen molar-refractivity contribution in [2.45, 2.75) is 18.6 Å². The lowest BCUT2D eigenvalue weighted by Crippen LogP contribution is -2.52. The first-order valence-corrected chi connectivity index (χ1v) is 10.2. The van der Waals surface area contributed by atoms with Crippen LogP contribution in [0, 0.1) is 5.92 Å². The number of nitrogens with zero attached hydrogens (tertiary/aromatic N) is 2. The van der Waals surface area contributed by atoms with Gasteiger partial charge in [-0.05, 0) is 30.9 Å². The number of piperazine rings is 1. The van der Waals surface area contributed by atoms with Gasteiger partial charge in [0.25, 0.3) is 0 Å². The summed E-state index contributed by atoms with van der Waals surface area (Å²) in [5.74, 6) is 0.832. The summed E-state index contributed by atoms with van der Waals surface area (Å²) in [6, 6.07) is 9.20. The summed E-state index contributed by atoms with van der Waals surface area (Å²) in [4.78, 5) is 13.9. The second-order valence-corrected chi connectivity index (χ2v) is 8.56. The highest BCUT2D eigenvalue weighted by Crippen LogP contribution is 2.27. The summed E-state index contributed by atoms with van der Waals surface area (Å²) in [6.07, 6.45) is 2.53. The number of benzene rings is 1. The second kappa shape index (κ2) is 8.98. The van der Waals surface area contributed by atoms with Crippen molar-refractivity contribution >= 4 is 28.3 Å². The van der Waals surface area contributed by atoms with Gasteiger partial charge >= 0.3 is 0 Å². The van der Waals surface area contributed by atoms with Gasteiger partial charge in [0.2, 0.25) is 15.9 Å². The first-order valence-electron chi connectivity index (χ1n) is 8.55. The minimum atomic E-state index is -3.33. The van der Waals surface area contributed by atoms with Crippen molar-refractivity contribution in [2.24, 2.45) is 5.92 Å². The molecule has 2 aliphatic rings. The Balaban J connectivity index is 0.00000225. The Kier molecular flexibility index (Phi) is 7.25. The van der Waals surface area contributed by atoms with Gasteiger partial charge in [0.05, 0.1) is 12.3 Å². The van der Waals surface area contributed by atoms with Crippen LogP contribution in [0.15, 0.2) is 30.3 Å². The van der Waals surface area contributed by atoms with Crippen LogP contribution in [0.25, 0.3) is 0 Å². The fraction of sp³-hybridized carbons (Fsp3) is 0.588. The zero-order valence-electron chi connectivity index (χ0n) is 14.3. The zero-order chi connectivity index (χ0) is 17.0. The number of carbonyl (C=O) groups is 1. The summed E-state index contributed by atoms with van der Waals surface area (Å²) < 4.78 is 26.5. The number of hydrogen-bond acceptors (Lipinski definition) is 4. The maximum absolute atomic E-state index is 12.5. The molecule has 0 radical (unpaired) electrons. The third-order valence-corrected chi connectivity index (χ3v) is 6.43.